The summed E-state index contributed by atoms with van der Waals surface area (Å²) in [6.45, 7) is 4.32. The van der Waals surface area contributed by atoms with Crippen LogP contribution in [-0.4, -0.2) is 63.3 Å². The van der Waals surface area contributed by atoms with E-state index in [4.69, 9.17) is 15.2 Å². The third-order valence-corrected chi connectivity index (χ3v) is 6.44. The first-order valence-corrected chi connectivity index (χ1v) is 12.4. The van der Waals surface area contributed by atoms with Crippen LogP contribution in [0.25, 0.3) is 11.2 Å². The number of benzene rings is 1. The van der Waals surface area contributed by atoms with Gasteiger partial charge in [-0.2, -0.15) is 4.98 Å². The van der Waals surface area contributed by atoms with Crippen LogP contribution < -0.4 is 26.6 Å². The first-order valence-electron chi connectivity index (χ1n) is 12.4. The molecule has 0 radical (unpaired) electrons. The number of aryl methyl sites for hydroxylation is 1. The minimum atomic E-state index is -0.815. The number of ketones is 1. The van der Waals surface area contributed by atoms with E-state index in [0.717, 1.165) is 22.0 Å². The van der Waals surface area contributed by atoms with Gasteiger partial charge >= 0.3 is 11.7 Å². The SMILES string of the molecule is CCOC(=O)Cn1c(=O)n(CC(=O)c2cccc(OC)c2)c(=O)c2c1nc(N1CCCC(N)C1)n2CC. The fourth-order valence-corrected chi connectivity index (χ4v) is 4.66. The number of Topliss-reactive ketones (excluding diaryl/α,β-unsaturated/α-hetero) is 1. The molecule has 1 aliphatic heterocycles. The lowest BCUT2D eigenvalue weighted by atomic mass is 10.1. The van der Waals surface area contributed by atoms with Crippen molar-refractivity contribution in [2.24, 2.45) is 5.73 Å². The van der Waals surface area contributed by atoms with E-state index in [1.807, 2.05) is 11.8 Å². The van der Waals surface area contributed by atoms with Gasteiger partial charge in [0.2, 0.25) is 5.95 Å². The number of rotatable bonds is 9. The number of piperidine rings is 1. The summed E-state index contributed by atoms with van der Waals surface area (Å²) in [6.07, 6.45) is 1.75. The number of aromatic nitrogens is 4. The van der Waals surface area contributed by atoms with E-state index in [0.29, 0.717) is 31.3 Å². The second kappa shape index (κ2) is 11.0. The van der Waals surface area contributed by atoms with Gasteiger partial charge in [-0.3, -0.25) is 23.5 Å². The highest BCUT2D eigenvalue weighted by Gasteiger charge is 2.27. The van der Waals surface area contributed by atoms with Gasteiger partial charge in [-0.25, -0.2) is 4.79 Å². The van der Waals surface area contributed by atoms with Gasteiger partial charge in [-0.1, -0.05) is 12.1 Å². The lowest BCUT2D eigenvalue weighted by molar-refractivity contribution is -0.143. The maximum Gasteiger partial charge on any atom is 0.333 e. The van der Waals surface area contributed by atoms with Crippen LogP contribution in [0.1, 0.15) is 37.0 Å². The number of nitrogens with two attached hydrogens (primary N) is 1. The number of esters is 1. The zero-order valence-electron chi connectivity index (χ0n) is 21.3. The van der Waals surface area contributed by atoms with Crippen molar-refractivity contribution in [2.45, 2.75) is 52.4 Å². The number of ether oxygens (including phenoxy) is 2. The van der Waals surface area contributed by atoms with Crippen LogP contribution in [0.4, 0.5) is 5.95 Å². The molecule has 12 nitrogen and oxygen atoms in total. The van der Waals surface area contributed by atoms with Crippen LogP contribution in [0.3, 0.4) is 0 Å². The van der Waals surface area contributed by atoms with Crippen molar-refractivity contribution in [1.29, 1.82) is 0 Å². The molecule has 1 atom stereocenters. The molecule has 2 N–H and O–H groups in total. The average Bonchev–Trinajstić information content (AvgIpc) is 3.29. The fourth-order valence-electron chi connectivity index (χ4n) is 4.66. The molecular formula is C25H32N6O6. The summed E-state index contributed by atoms with van der Waals surface area (Å²) in [5.41, 5.74) is 5.21. The minimum absolute atomic E-state index is 0.0438. The second-order valence-corrected chi connectivity index (χ2v) is 8.90. The van der Waals surface area contributed by atoms with Crippen molar-refractivity contribution in [3.05, 3.63) is 50.7 Å². The van der Waals surface area contributed by atoms with Crippen molar-refractivity contribution in [3.8, 4) is 5.75 Å². The molecule has 1 saturated heterocycles. The summed E-state index contributed by atoms with van der Waals surface area (Å²) >= 11 is 0. The quantitative estimate of drug-likeness (QED) is 0.325. The number of carbonyl (C=O) groups is 2. The summed E-state index contributed by atoms with van der Waals surface area (Å²) in [4.78, 5) is 59.4. The number of carbonyl (C=O) groups excluding carboxylic acids is 2. The molecular weight excluding hydrogens is 480 g/mol. The van der Waals surface area contributed by atoms with Crippen LogP contribution in [0.15, 0.2) is 33.9 Å². The number of anilines is 1. The Hall–Kier alpha value is -3.93. The largest absolute Gasteiger partial charge is 0.497 e. The van der Waals surface area contributed by atoms with Gasteiger partial charge in [-0.15, -0.1) is 0 Å². The van der Waals surface area contributed by atoms with Gasteiger partial charge in [0.25, 0.3) is 5.56 Å². The molecule has 0 bridgehead atoms. The Labute approximate surface area is 213 Å². The Bertz CT molecular complexity index is 1440. The van der Waals surface area contributed by atoms with E-state index in [9.17, 15) is 19.2 Å². The van der Waals surface area contributed by atoms with E-state index in [2.05, 4.69) is 4.98 Å². The molecule has 1 aliphatic rings. The number of fused-ring (bicyclic) bond motifs is 1. The first kappa shape index (κ1) is 26.1. The van der Waals surface area contributed by atoms with Gasteiger partial charge < -0.3 is 24.7 Å². The highest BCUT2D eigenvalue weighted by atomic mass is 16.5. The summed E-state index contributed by atoms with van der Waals surface area (Å²) in [6, 6.07) is 6.42. The smallest absolute Gasteiger partial charge is 0.333 e. The third kappa shape index (κ3) is 5.15. The lowest BCUT2D eigenvalue weighted by Gasteiger charge is -2.31. The van der Waals surface area contributed by atoms with Crippen LogP contribution in [-0.2, 0) is 29.2 Å². The van der Waals surface area contributed by atoms with Crippen molar-refractivity contribution in [1.82, 2.24) is 18.7 Å². The second-order valence-electron chi connectivity index (χ2n) is 8.90. The lowest BCUT2D eigenvalue weighted by Crippen LogP contribution is -2.44. The zero-order valence-corrected chi connectivity index (χ0v) is 21.3. The molecule has 1 aromatic carbocycles. The van der Waals surface area contributed by atoms with Crippen molar-refractivity contribution in [2.75, 3.05) is 31.7 Å². The average molecular weight is 513 g/mol. The van der Waals surface area contributed by atoms with Gasteiger partial charge in [-0.05, 0) is 38.8 Å². The molecule has 12 heteroatoms. The van der Waals surface area contributed by atoms with Crippen LogP contribution >= 0.6 is 0 Å². The number of nitrogens with zero attached hydrogens (tertiary/aromatic N) is 5. The van der Waals surface area contributed by atoms with Crippen LogP contribution in [0.2, 0.25) is 0 Å². The van der Waals surface area contributed by atoms with Gasteiger partial charge in [0.05, 0.1) is 20.3 Å². The van der Waals surface area contributed by atoms with Crippen molar-refractivity contribution >= 4 is 28.9 Å². The number of imidazole rings is 1. The molecule has 0 spiro atoms. The maximum absolute atomic E-state index is 13.7. The molecule has 0 amide bonds. The van der Waals surface area contributed by atoms with Crippen LogP contribution in [0, 0.1) is 0 Å². The molecule has 4 rings (SSSR count). The predicted octanol–water partition coefficient (Wildman–Crippen LogP) is 0.762. The molecule has 3 aromatic rings. The van der Waals surface area contributed by atoms with Crippen molar-refractivity contribution < 1.29 is 19.1 Å². The molecule has 2 aromatic heterocycles. The first-order chi connectivity index (χ1) is 17.8. The summed E-state index contributed by atoms with van der Waals surface area (Å²) in [5, 5.41) is 0. The monoisotopic (exact) mass is 512 g/mol. The normalized spacial score (nSPS) is 15.7. The number of hydrogen-bond donors (Lipinski definition) is 1. The summed E-state index contributed by atoms with van der Waals surface area (Å²) < 4.78 is 13.9. The predicted molar refractivity (Wildman–Crippen MR) is 137 cm³/mol. The zero-order chi connectivity index (χ0) is 26.7. The highest BCUT2D eigenvalue weighted by molar-refractivity contribution is 5.96. The molecule has 3 heterocycles. The molecule has 198 valence electrons. The maximum atomic E-state index is 13.7. The van der Waals surface area contributed by atoms with Crippen molar-refractivity contribution in [3.63, 3.8) is 0 Å². The van der Waals surface area contributed by atoms with Gasteiger partial charge in [0.15, 0.2) is 16.9 Å². The number of methoxy groups -OCH3 is 1. The van der Waals surface area contributed by atoms with Gasteiger partial charge in [0, 0.05) is 31.2 Å². The Balaban J connectivity index is 1.89. The molecule has 0 aliphatic carbocycles. The minimum Gasteiger partial charge on any atom is -0.497 e. The van der Waals surface area contributed by atoms with E-state index < -0.39 is 36.1 Å². The Morgan fingerprint density at radius 2 is 1.92 bits per heavy atom. The topological polar surface area (TPSA) is 144 Å². The molecule has 37 heavy (non-hydrogen) atoms. The Morgan fingerprint density at radius 1 is 1.14 bits per heavy atom. The molecule has 0 saturated carbocycles. The Kier molecular flexibility index (Phi) is 7.77. The van der Waals surface area contributed by atoms with Crippen LogP contribution in [0.5, 0.6) is 5.75 Å². The third-order valence-electron chi connectivity index (χ3n) is 6.44. The van der Waals surface area contributed by atoms with E-state index >= 15 is 0 Å². The van der Waals surface area contributed by atoms with Gasteiger partial charge in [0.1, 0.15) is 12.3 Å². The summed E-state index contributed by atoms with van der Waals surface area (Å²) in [5.74, 6) is -0.131. The number of hydrogen-bond acceptors (Lipinski definition) is 9. The summed E-state index contributed by atoms with van der Waals surface area (Å²) in [7, 11) is 1.48. The fraction of sp³-hybridized carbons (Fsp3) is 0.480. The van der Waals surface area contributed by atoms with E-state index in [-0.39, 0.29) is 29.4 Å². The highest BCUT2D eigenvalue weighted by Crippen LogP contribution is 2.23. The Morgan fingerprint density at radius 3 is 2.59 bits per heavy atom. The van der Waals surface area contributed by atoms with E-state index in [1.165, 1.54) is 13.2 Å². The molecule has 1 unspecified atom stereocenters. The van der Waals surface area contributed by atoms with E-state index in [1.54, 1.807) is 29.7 Å². The molecule has 1 fully saturated rings. The standard InChI is InChI=1S/C25H32N6O6/c1-4-29-21-22(27-24(29)28-11-7-9-17(26)13-28)30(15-20(33)37-5-2)25(35)31(23(21)34)14-19(32)16-8-6-10-18(12-16)36-3/h6,8,10,12,17H,4-5,7,9,11,13-15,26H2,1-3H3.